The summed E-state index contributed by atoms with van der Waals surface area (Å²) >= 11 is 0. The van der Waals surface area contributed by atoms with Gasteiger partial charge in [0.1, 0.15) is 17.1 Å². The highest BCUT2D eigenvalue weighted by Gasteiger charge is 2.36. The average Bonchev–Trinajstić information content (AvgIpc) is 3.24. The molecule has 1 aliphatic rings. The van der Waals surface area contributed by atoms with Gasteiger partial charge in [-0.05, 0) is 25.5 Å². The van der Waals surface area contributed by atoms with Crippen LogP contribution in [0.1, 0.15) is 39.4 Å². The zero-order valence-corrected chi connectivity index (χ0v) is 17.2. The Morgan fingerprint density at radius 1 is 1.24 bits per heavy atom. The smallest absolute Gasteiger partial charge is 0.341 e. The molecular weight excluding hydrogens is 372 g/mol. The van der Waals surface area contributed by atoms with Gasteiger partial charge in [0.05, 0.1) is 19.6 Å². The number of esters is 1. The molecular formula is C22H26N2O5. The van der Waals surface area contributed by atoms with Gasteiger partial charge in [0.25, 0.3) is 0 Å². The monoisotopic (exact) mass is 398 g/mol. The highest BCUT2D eigenvalue weighted by atomic mass is 16.5. The van der Waals surface area contributed by atoms with Crippen LogP contribution in [-0.4, -0.2) is 48.3 Å². The van der Waals surface area contributed by atoms with Crippen LogP contribution in [0, 0.1) is 19.8 Å². The lowest BCUT2D eigenvalue weighted by Gasteiger charge is -2.20. The summed E-state index contributed by atoms with van der Waals surface area (Å²) in [6, 6.07) is 9.62. The summed E-state index contributed by atoms with van der Waals surface area (Å²) < 4.78 is 10.3. The lowest BCUT2D eigenvalue weighted by Crippen LogP contribution is -2.34. The Morgan fingerprint density at radius 3 is 2.59 bits per heavy atom. The van der Waals surface area contributed by atoms with Crippen molar-refractivity contribution in [3.8, 4) is 0 Å². The Hall–Kier alpha value is -3.09. The molecule has 29 heavy (non-hydrogen) atoms. The number of furan rings is 1. The number of hydrogen-bond donors (Lipinski definition) is 0. The number of methoxy groups -OCH3 is 1. The Balaban J connectivity index is 1.60. The Morgan fingerprint density at radius 2 is 1.93 bits per heavy atom. The predicted octanol–water partition coefficient (Wildman–Crippen LogP) is 2.69. The summed E-state index contributed by atoms with van der Waals surface area (Å²) in [5.41, 5.74) is 2.56. The van der Waals surface area contributed by atoms with Crippen molar-refractivity contribution in [2.45, 2.75) is 33.4 Å². The van der Waals surface area contributed by atoms with Crippen LogP contribution in [0.4, 0.5) is 0 Å². The summed E-state index contributed by atoms with van der Waals surface area (Å²) in [6.07, 6.45) is 0.208. The van der Waals surface area contributed by atoms with Gasteiger partial charge >= 0.3 is 5.97 Å². The van der Waals surface area contributed by atoms with Crippen molar-refractivity contribution in [2.24, 2.45) is 5.92 Å². The van der Waals surface area contributed by atoms with Crippen LogP contribution in [0.2, 0.25) is 0 Å². The minimum absolute atomic E-state index is 0.0147. The second-order valence-electron chi connectivity index (χ2n) is 7.53. The van der Waals surface area contributed by atoms with E-state index in [0.717, 1.165) is 5.56 Å². The van der Waals surface area contributed by atoms with E-state index in [1.54, 1.807) is 24.9 Å². The molecule has 1 aliphatic heterocycles. The predicted molar refractivity (Wildman–Crippen MR) is 106 cm³/mol. The van der Waals surface area contributed by atoms with Crippen molar-refractivity contribution in [3.05, 3.63) is 58.5 Å². The molecule has 0 radical (unpaired) electrons. The number of carbonyl (C=O) groups is 3. The molecule has 0 saturated carbocycles. The molecule has 1 unspecified atom stereocenters. The molecule has 0 spiro atoms. The first-order valence-electron chi connectivity index (χ1n) is 9.54. The maximum atomic E-state index is 12.8. The SMILES string of the molecule is COC(=O)c1cc(CN(C)C(=O)C2CC(=O)N(Cc3ccc(C)cc3)C2)oc1C. The molecule has 1 aromatic heterocycles. The molecule has 1 saturated heterocycles. The number of carbonyl (C=O) groups excluding carboxylic acids is 3. The van der Waals surface area contributed by atoms with Gasteiger partial charge in [0.2, 0.25) is 11.8 Å². The third kappa shape index (κ3) is 4.67. The molecule has 7 heteroatoms. The zero-order chi connectivity index (χ0) is 21.1. The summed E-state index contributed by atoms with van der Waals surface area (Å²) in [7, 11) is 2.98. The number of rotatable bonds is 6. The summed E-state index contributed by atoms with van der Waals surface area (Å²) in [5, 5.41) is 0. The molecule has 0 bridgehead atoms. The van der Waals surface area contributed by atoms with Gasteiger partial charge in [0.15, 0.2) is 0 Å². The molecule has 154 valence electrons. The van der Waals surface area contributed by atoms with E-state index in [9.17, 15) is 14.4 Å². The van der Waals surface area contributed by atoms with E-state index in [1.165, 1.54) is 17.6 Å². The molecule has 2 heterocycles. The first-order valence-corrected chi connectivity index (χ1v) is 9.54. The number of hydrogen-bond acceptors (Lipinski definition) is 5. The van der Waals surface area contributed by atoms with E-state index >= 15 is 0 Å². The highest BCUT2D eigenvalue weighted by Crippen LogP contribution is 2.23. The Labute approximate surface area is 170 Å². The topological polar surface area (TPSA) is 80.1 Å². The van der Waals surface area contributed by atoms with Crippen LogP contribution in [0.5, 0.6) is 0 Å². The minimum atomic E-state index is -0.473. The van der Waals surface area contributed by atoms with E-state index in [0.29, 0.717) is 30.2 Å². The molecule has 2 aromatic rings. The molecule has 3 rings (SSSR count). The fourth-order valence-electron chi connectivity index (χ4n) is 3.56. The maximum Gasteiger partial charge on any atom is 0.341 e. The van der Waals surface area contributed by atoms with Crippen LogP contribution in [0.15, 0.2) is 34.7 Å². The van der Waals surface area contributed by atoms with Gasteiger partial charge < -0.3 is 19.0 Å². The van der Waals surface area contributed by atoms with Crippen molar-refractivity contribution in [3.63, 3.8) is 0 Å². The van der Waals surface area contributed by atoms with Gasteiger partial charge in [-0.25, -0.2) is 4.79 Å². The van der Waals surface area contributed by atoms with Gasteiger partial charge in [-0.15, -0.1) is 0 Å². The van der Waals surface area contributed by atoms with Crippen LogP contribution >= 0.6 is 0 Å². The first-order chi connectivity index (χ1) is 13.8. The van der Waals surface area contributed by atoms with Gasteiger partial charge in [-0.2, -0.15) is 0 Å². The van der Waals surface area contributed by atoms with Crippen molar-refractivity contribution < 1.29 is 23.5 Å². The van der Waals surface area contributed by atoms with Crippen LogP contribution in [0.25, 0.3) is 0 Å². The van der Waals surface area contributed by atoms with Crippen molar-refractivity contribution >= 4 is 17.8 Å². The lowest BCUT2D eigenvalue weighted by atomic mass is 10.1. The number of likely N-dealkylation sites (tertiary alicyclic amines) is 1. The van der Waals surface area contributed by atoms with Gasteiger partial charge in [-0.1, -0.05) is 29.8 Å². The highest BCUT2D eigenvalue weighted by molar-refractivity contribution is 5.91. The number of benzene rings is 1. The molecule has 7 nitrogen and oxygen atoms in total. The number of nitrogens with zero attached hydrogens (tertiary/aromatic N) is 2. The molecule has 2 amide bonds. The van der Waals surface area contributed by atoms with Crippen molar-refractivity contribution in [1.82, 2.24) is 9.80 Å². The van der Waals surface area contributed by atoms with Crippen LogP contribution in [-0.2, 0) is 27.4 Å². The average molecular weight is 398 g/mol. The summed E-state index contributed by atoms with van der Waals surface area (Å²) in [6.45, 7) is 4.83. The van der Waals surface area contributed by atoms with Gasteiger partial charge in [-0.3, -0.25) is 9.59 Å². The second-order valence-corrected chi connectivity index (χ2v) is 7.53. The van der Waals surface area contributed by atoms with Gasteiger partial charge in [0, 0.05) is 26.6 Å². The third-order valence-corrected chi connectivity index (χ3v) is 5.20. The number of aryl methyl sites for hydroxylation is 2. The maximum absolute atomic E-state index is 12.8. The fourth-order valence-corrected chi connectivity index (χ4v) is 3.56. The molecule has 1 atom stereocenters. The zero-order valence-electron chi connectivity index (χ0n) is 17.2. The number of amides is 2. The van der Waals surface area contributed by atoms with E-state index in [-0.39, 0.29) is 30.7 Å². The van der Waals surface area contributed by atoms with E-state index < -0.39 is 5.97 Å². The second kappa shape index (κ2) is 8.51. The molecule has 0 N–H and O–H groups in total. The minimum Gasteiger partial charge on any atom is -0.465 e. The quantitative estimate of drug-likeness (QED) is 0.699. The van der Waals surface area contributed by atoms with E-state index in [4.69, 9.17) is 9.15 Å². The standard InChI is InChI=1S/C22H26N2O5/c1-14-5-7-16(8-6-14)11-24-12-17(9-20(24)25)21(26)23(3)13-18-10-19(15(2)29-18)22(27)28-4/h5-8,10,17H,9,11-13H2,1-4H3. The lowest BCUT2D eigenvalue weighted by molar-refractivity contribution is -0.135. The van der Waals surface area contributed by atoms with Crippen molar-refractivity contribution in [2.75, 3.05) is 20.7 Å². The number of ether oxygens (including phenoxy) is 1. The summed E-state index contributed by atoms with van der Waals surface area (Å²) in [5.74, 6) is -0.0288. The third-order valence-electron chi connectivity index (χ3n) is 5.20. The first kappa shape index (κ1) is 20.6. The normalized spacial score (nSPS) is 16.2. The Bertz CT molecular complexity index is 916. The Kier molecular flexibility index (Phi) is 6.06. The van der Waals surface area contributed by atoms with Crippen LogP contribution < -0.4 is 0 Å². The molecule has 1 aromatic carbocycles. The molecule has 0 aliphatic carbocycles. The fraction of sp³-hybridized carbons (Fsp3) is 0.409. The summed E-state index contributed by atoms with van der Waals surface area (Å²) in [4.78, 5) is 40.2. The van der Waals surface area contributed by atoms with Crippen LogP contribution in [0.3, 0.4) is 0 Å². The van der Waals surface area contributed by atoms with Crippen molar-refractivity contribution in [1.29, 1.82) is 0 Å². The molecule has 1 fully saturated rings. The largest absolute Gasteiger partial charge is 0.465 e. The van der Waals surface area contributed by atoms with E-state index in [2.05, 4.69) is 0 Å². The van der Waals surface area contributed by atoms with E-state index in [1.807, 2.05) is 31.2 Å².